The van der Waals surface area contributed by atoms with Crippen LogP contribution in [0.5, 0.6) is 0 Å². The van der Waals surface area contributed by atoms with E-state index < -0.39 is 50.9 Å². The molecule has 17 heteroatoms. The lowest BCUT2D eigenvalue weighted by atomic mass is 10.6. The molecule has 0 saturated carbocycles. The molecule has 0 atom stereocenters. The highest BCUT2D eigenvalue weighted by atomic mass is 31.3. The van der Waals surface area contributed by atoms with Gasteiger partial charge in [-0.25, -0.2) is 0 Å². The van der Waals surface area contributed by atoms with Gasteiger partial charge in [0, 0.05) is 0 Å². The summed E-state index contributed by atoms with van der Waals surface area (Å²) >= 11 is 0. The van der Waals surface area contributed by atoms with Crippen molar-refractivity contribution < 1.29 is 53.0 Å². The second kappa shape index (κ2) is 5.76. The molecule has 10 N–H and O–H groups in total. The van der Waals surface area contributed by atoms with Crippen LogP contribution in [0.4, 0.5) is 0 Å². The number of carbonyl (C=O) groups is 1. The van der Waals surface area contributed by atoms with Gasteiger partial charge in [-0.1, -0.05) is 0 Å². The van der Waals surface area contributed by atoms with Crippen molar-refractivity contribution in [2.75, 3.05) is 6.54 Å². The maximum Gasteiger partial charge on any atom is 0.376 e. The smallest absolute Gasteiger partial charge is 0.376 e. The standard InChI is InChI=1S/C4H12N3O11P3/c5-3(6)7(1-2(8)9)4(19(10,11)12,20(13,14)15)21(16,17)18/h1H2,(H3,5,6)(H,8,9)(H2,10,11,12)(H2,13,14,15)(H2,16,17,18). The Labute approximate surface area is 116 Å². The summed E-state index contributed by atoms with van der Waals surface area (Å²) in [5.74, 6) is -3.68. The van der Waals surface area contributed by atoms with Gasteiger partial charge in [-0.05, 0) is 0 Å². The van der Waals surface area contributed by atoms with Crippen LogP contribution in [0.3, 0.4) is 0 Å². The second-order valence-electron chi connectivity index (χ2n) is 3.60. The minimum absolute atomic E-state index is 0.725. The number of carboxylic acid groups (broad SMARTS) is 1. The first-order valence-electron chi connectivity index (χ1n) is 4.50. The number of nitrogens with zero attached hydrogens (tertiary/aromatic N) is 1. The Morgan fingerprint density at radius 3 is 1.43 bits per heavy atom. The molecule has 0 unspecified atom stereocenters. The van der Waals surface area contributed by atoms with E-state index in [1.165, 1.54) is 0 Å². The lowest BCUT2D eigenvalue weighted by Gasteiger charge is -2.42. The van der Waals surface area contributed by atoms with E-state index in [1.54, 1.807) is 0 Å². The molecule has 0 bridgehead atoms. The van der Waals surface area contributed by atoms with Crippen LogP contribution in [-0.2, 0) is 18.5 Å². The zero-order valence-corrected chi connectivity index (χ0v) is 12.5. The number of hydrogen-bond acceptors (Lipinski definition) is 5. The molecule has 0 amide bonds. The molecule has 14 nitrogen and oxygen atoms in total. The molecule has 0 aromatic heterocycles. The lowest BCUT2D eigenvalue weighted by Crippen LogP contribution is -2.55. The average Bonchev–Trinajstić information content (AvgIpc) is 2.08. The van der Waals surface area contributed by atoms with Crippen molar-refractivity contribution in [3.8, 4) is 0 Å². The molecule has 0 aliphatic rings. The van der Waals surface area contributed by atoms with E-state index in [4.69, 9.17) is 45.6 Å². The molecule has 0 rings (SSSR count). The zero-order valence-electron chi connectivity index (χ0n) is 9.84. The Bertz CT molecular complexity index is 528. The van der Waals surface area contributed by atoms with E-state index in [0.717, 1.165) is 0 Å². The number of carboxylic acids is 1. The third kappa shape index (κ3) is 3.51. The molecule has 0 aliphatic carbocycles. The largest absolute Gasteiger partial charge is 0.480 e. The molecular formula is C4H12N3O11P3. The molecule has 0 radical (unpaired) electrons. The van der Waals surface area contributed by atoms with E-state index in [1.807, 2.05) is 0 Å². The van der Waals surface area contributed by atoms with Crippen LogP contribution < -0.4 is 5.73 Å². The highest BCUT2D eigenvalue weighted by molar-refractivity contribution is 7.88. The maximum atomic E-state index is 11.4. The molecule has 124 valence electrons. The lowest BCUT2D eigenvalue weighted by molar-refractivity contribution is -0.137. The van der Waals surface area contributed by atoms with Crippen molar-refractivity contribution in [3.63, 3.8) is 0 Å². The Balaban J connectivity index is 6.88. The summed E-state index contributed by atoms with van der Waals surface area (Å²) in [4.78, 5) is 64.3. The first-order chi connectivity index (χ1) is 9.00. The van der Waals surface area contributed by atoms with Crippen LogP contribution in [-0.4, -0.2) is 62.6 Å². The highest BCUT2D eigenvalue weighted by Crippen LogP contribution is 2.83. The van der Waals surface area contributed by atoms with Crippen LogP contribution in [0.25, 0.3) is 0 Å². The van der Waals surface area contributed by atoms with Gasteiger partial charge >= 0.3 is 33.5 Å². The van der Waals surface area contributed by atoms with Crippen LogP contribution >= 0.6 is 22.8 Å². The van der Waals surface area contributed by atoms with Crippen molar-refractivity contribution in [1.29, 1.82) is 5.41 Å². The van der Waals surface area contributed by atoms with Gasteiger partial charge in [0.1, 0.15) is 6.54 Å². The van der Waals surface area contributed by atoms with Crippen molar-refractivity contribution >= 4 is 34.7 Å². The van der Waals surface area contributed by atoms with Crippen LogP contribution in [0.15, 0.2) is 0 Å². The number of nitrogens with one attached hydrogen (secondary N) is 1. The van der Waals surface area contributed by atoms with Gasteiger partial charge < -0.3 is 40.2 Å². The third-order valence-electron chi connectivity index (χ3n) is 2.12. The molecular weight excluding hydrogens is 359 g/mol. The first kappa shape index (κ1) is 20.2. The van der Waals surface area contributed by atoms with Gasteiger partial charge in [-0.15, -0.1) is 0 Å². The predicted molar refractivity (Wildman–Crippen MR) is 65.1 cm³/mol. The van der Waals surface area contributed by atoms with Gasteiger partial charge in [-0.2, -0.15) is 0 Å². The average molecular weight is 371 g/mol. The van der Waals surface area contributed by atoms with Crippen molar-refractivity contribution in [3.05, 3.63) is 0 Å². The van der Waals surface area contributed by atoms with Crippen LogP contribution in [0, 0.1) is 5.41 Å². The van der Waals surface area contributed by atoms with E-state index in [-0.39, 0.29) is 0 Å². The number of nitrogens with two attached hydrogens (primary N) is 1. The van der Waals surface area contributed by atoms with Crippen molar-refractivity contribution in [2.45, 2.75) is 4.76 Å². The van der Waals surface area contributed by atoms with E-state index >= 15 is 0 Å². The second-order valence-corrected chi connectivity index (χ2v) is 9.86. The van der Waals surface area contributed by atoms with Gasteiger partial charge in [0.25, 0.3) is 0 Å². The minimum Gasteiger partial charge on any atom is -0.480 e. The summed E-state index contributed by atoms with van der Waals surface area (Å²) in [6.07, 6.45) is 0. The fraction of sp³-hybridized carbons (Fsp3) is 0.500. The summed E-state index contributed by atoms with van der Waals surface area (Å²) in [5.41, 5.74) is 4.78. The number of hydrogen-bond donors (Lipinski definition) is 9. The fourth-order valence-corrected chi connectivity index (χ4v) is 7.02. The van der Waals surface area contributed by atoms with E-state index in [2.05, 4.69) is 0 Å². The number of rotatable bonds is 6. The number of guanidine groups is 1. The van der Waals surface area contributed by atoms with Crippen LogP contribution in [0.2, 0.25) is 0 Å². The summed E-state index contributed by atoms with van der Waals surface area (Å²) in [7, 11) is -19.2. The van der Waals surface area contributed by atoms with Gasteiger partial charge in [0.2, 0.25) is 0 Å². The van der Waals surface area contributed by atoms with Crippen LogP contribution in [0.1, 0.15) is 0 Å². The first-order valence-corrected chi connectivity index (χ1v) is 9.34. The fourth-order valence-electron chi connectivity index (χ4n) is 1.47. The number of aliphatic carboxylic acids is 1. The summed E-state index contributed by atoms with van der Waals surface area (Å²) < 4.78 is 29.6. The Kier molecular flexibility index (Phi) is 5.54. The Hall–Kier alpha value is -0.810. The summed E-state index contributed by atoms with van der Waals surface area (Å²) in [6, 6.07) is 0. The molecule has 0 spiro atoms. The monoisotopic (exact) mass is 371 g/mol. The zero-order chi connectivity index (χ0) is 17.4. The molecule has 0 aliphatic heterocycles. The topological polar surface area (TPSA) is 263 Å². The quantitative estimate of drug-likeness (QED) is 0.132. The van der Waals surface area contributed by atoms with E-state index in [0.29, 0.717) is 0 Å². The van der Waals surface area contributed by atoms with Gasteiger partial charge in [-0.3, -0.25) is 28.8 Å². The van der Waals surface area contributed by atoms with Crippen molar-refractivity contribution in [1.82, 2.24) is 4.90 Å². The normalized spacial score (nSPS) is 13.8. The summed E-state index contributed by atoms with van der Waals surface area (Å²) in [5, 5.41) is 15.5. The molecule has 0 fully saturated rings. The van der Waals surface area contributed by atoms with Crippen molar-refractivity contribution in [2.24, 2.45) is 5.73 Å². The SMILES string of the molecule is N=C(N)N(CC(=O)O)C(P(=O)(O)O)(P(=O)(O)O)P(=O)(O)O. The van der Waals surface area contributed by atoms with Gasteiger partial charge in [0.15, 0.2) is 5.96 Å². The highest BCUT2D eigenvalue weighted by Gasteiger charge is 2.76. The van der Waals surface area contributed by atoms with E-state index in [9.17, 15) is 18.5 Å². The van der Waals surface area contributed by atoms with Gasteiger partial charge in [0.05, 0.1) is 0 Å². The maximum absolute atomic E-state index is 11.4. The molecule has 0 aromatic rings. The molecule has 0 heterocycles. The summed E-state index contributed by atoms with van der Waals surface area (Å²) in [6.45, 7) is -1.75. The minimum atomic E-state index is -6.40. The predicted octanol–water partition coefficient (Wildman–Crippen LogP) is -2.59. The Morgan fingerprint density at radius 2 is 1.29 bits per heavy atom. The molecule has 21 heavy (non-hydrogen) atoms. The molecule has 0 aromatic carbocycles. The third-order valence-corrected chi connectivity index (χ3v) is 9.88. The Morgan fingerprint density at radius 1 is 1.00 bits per heavy atom. The molecule has 0 saturated heterocycles.